The minimum absolute atomic E-state index is 0.0736. The molecule has 1 saturated carbocycles. The highest BCUT2D eigenvalue weighted by atomic mass is 16.8. The van der Waals surface area contributed by atoms with Gasteiger partial charge in [0.05, 0.1) is 18.2 Å². The molecule has 2 saturated heterocycles. The van der Waals surface area contributed by atoms with Gasteiger partial charge in [-0.15, -0.1) is 0 Å². The van der Waals surface area contributed by atoms with Crippen molar-refractivity contribution in [2.45, 2.75) is 56.6 Å². The smallest absolute Gasteiger partial charge is 0.261 e. The fraction of sp³-hybridized carbons (Fsp3) is 0.579. The maximum absolute atomic E-state index is 13.1. The van der Waals surface area contributed by atoms with Crippen molar-refractivity contribution in [2.24, 2.45) is 5.92 Å². The molecule has 1 aromatic carbocycles. The molecule has 0 aromatic heterocycles. The lowest BCUT2D eigenvalue weighted by Crippen LogP contribution is -2.56. The van der Waals surface area contributed by atoms with Crippen LogP contribution >= 0.6 is 0 Å². The predicted molar refractivity (Wildman–Crippen MR) is 86.8 cm³/mol. The number of benzene rings is 1. The molecule has 26 heavy (non-hydrogen) atoms. The Morgan fingerprint density at radius 2 is 1.88 bits per heavy atom. The molecule has 4 heterocycles. The van der Waals surface area contributed by atoms with Crippen molar-refractivity contribution in [3.05, 3.63) is 23.3 Å². The van der Waals surface area contributed by atoms with Crippen molar-refractivity contribution >= 4 is 11.8 Å². The van der Waals surface area contributed by atoms with Crippen molar-refractivity contribution in [3.63, 3.8) is 0 Å². The van der Waals surface area contributed by atoms with Crippen LogP contribution < -0.4 is 9.47 Å². The van der Waals surface area contributed by atoms with Gasteiger partial charge in [0, 0.05) is 17.9 Å². The minimum atomic E-state index is -0.666. The highest BCUT2D eigenvalue weighted by Crippen LogP contribution is 2.55. The summed E-state index contributed by atoms with van der Waals surface area (Å²) in [5.74, 6) is 0.200. The van der Waals surface area contributed by atoms with Crippen LogP contribution in [0.3, 0.4) is 0 Å². The predicted octanol–water partition coefficient (Wildman–Crippen LogP) is 1.79. The van der Waals surface area contributed by atoms with E-state index in [4.69, 9.17) is 18.9 Å². The molecule has 2 amide bonds. The lowest BCUT2D eigenvalue weighted by atomic mass is 9.68. The summed E-state index contributed by atoms with van der Waals surface area (Å²) in [6.07, 6.45) is 0.869. The lowest BCUT2D eigenvalue weighted by Gasteiger charge is -2.46. The van der Waals surface area contributed by atoms with Crippen LogP contribution in [0.2, 0.25) is 0 Å². The summed E-state index contributed by atoms with van der Waals surface area (Å²) in [6, 6.07) is 3.44. The lowest BCUT2D eigenvalue weighted by molar-refractivity contribution is -0.147. The molecular formula is C19H19NO6. The van der Waals surface area contributed by atoms with E-state index in [1.54, 1.807) is 6.07 Å². The zero-order chi connectivity index (χ0) is 17.8. The quantitative estimate of drug-likeness (QED) is 0.659. The van der Waals surface area contributed by atoms with Gasteiger partial charge in [-0.3, -0.25) is 14.5 Å². The minimum Gasteiger partial charge on any atom is -0.454 e. The molecule has 1 aromatic rings. The molecule has 0 N–H and O–H groups in total. The number of fused-ring (bicyclic) bond motifs is 5. The molecule has 0 radical (unpaired) electrons. The van der Waals surface area contributed by atoms with Crippen LogP contribution in [0.5, 0.6) is 11.5 Å². The van der Waals surface area contributed by atoms with Gasteiger partial charge in [0.25, 0.3) is 5.91 Å². The van der Waals surface area contributed by atoms with E-state index in [0.29, 0.717) is 23.5 Å². The maximum atomic E-state index is 13.1. The number of amides is 2. The number of imide groups is 1. The van der Waals surface area contributed by atoms with Gasteiger partial charge in [0.1, 0.15) is 0 Å². The molecule has 5 aliphatic rings. The second-order valence-corrected chi connectivity index (χ2v) is 8.22. The Kier molecular flexibility index (Phi) is 2.64. The number of rotatable bonds is 0. The third kappa shape index (κ3) is 1.75. The van der Waals surface area contributed by atoms with Crippen molar-refractivity contribution in [1.82, 2.24) is 4.90 Å². The molecule has 6 rings (SSSR count). The highest BCUT2D eigenvalue weighted by molar-refractivity contribution is 6.09. The number of carbonyl (C=O) groups is 2. The maximum Gasteiger partial charge on any atom is 0.261 e. The first kappa shape index (κ1) is 15.0. The number of carbonyl (C=O) groups excluding carboxylic acids is 2. The van der Waals surface area contributed by atoms with E-state index in [1.165, 1.54) is 4.90 Å². The molecular weight excluding hydrogens is 338 g/mol. The van der Waals surface area contributed by atoms with Crippen molar-refractivity contribution in [1.29, 1.82) is 0 Å². The molecule has 3 fully saturated rings. The molecule has 0 unspecified atom stereocenters. The molecule has 136 valence electrons. The van der Waals surface area contributed by atoms with Gasteiger partial charge in [0.2, 0.25) is 12.7 Å². The Hall–Kier alpha value is -2.12. The topological polar surface area (TPSA) is 74.3 Å². The molecule has 5 atom stereocenters. The van der Waals surface area contributed by atoms with Gasteiger partial charge < -0.3 is 18.9 Å². The molecule has 0 spiro atoms. The van der Waals surface area contributed by atoms with Crippen molar-refractivity contribution in [3.8, 4) is 11.5 Å². The van der Waals surface area contributed by atoms with Crippen LogP contribution in [-0.4, -0.2) is 47.5 Å². The van der Waals surface area contributed by atoms with E-state index in [1.807, 2.05) is 19.9 Å². The van der Waals surface area contributed by atoms with Gasteiger partial charge >= 0.3 is 0 Å². The van der Waals surface area contributed by atoms with Crippen LogP contribution in [0.4, 0.5) is 0 Å². The fourth-order valence-electron chi connectivity index (χ4n) is 5.50. The van der Waals surface area contributed by atoms with E-state index in [0.717, 1.165) is 12.0 Å². The summed E-state index contributed by atoms with van der Waals surface area (Å²) in [6.45, 7) is 3.97. The Balaban J connectivity index is 1.56. The number of nitrogens with zero attached hydrogens (tertiary/aromatic N) is 1. The van der Waals surface area contributed by atoms with Crippen LogP contribution in [0.25, 0.3) is 0 Å². The highest BCUT2D eigenvalue weighted by Gasteiger charge is 2.62. The average Bonchev–Trinajstić information content (AvgIpc) is 3.23. The largest absolute Gasteiger partial charge is 0.454 e. The van der Waals surface area contributed by atoms with Crippen molar-refractivity contribution in [2.75, 3.05) is 6.79 Å². The summed E-state index contributed by atoms with van der Waals surface area (Å²) in [5.41, 5.74) is 1.40. The molecule has 7 nitrogen and oxygen atoms in total. The SMILES string of the molecule is CC1(C)O[C@@H]2[C@H]3c4cc5c(cc4C(=O)N4C(=O)C[C@H](C[C@@H]2O1)[C@H]34)OCO5. The van der Waals surface area contributed by atoms with Gasteiger partial charge in [-0.1, -0.05) is 0 Å². The van der Waals surface area contributed by atoms with E-state index in [9.17, 15) is 9.59 Å². The van der Waals surface area contributed by atoms with Gasteiger partial charge in [0.15, 0.2) is 17.3 Å². The standard InChI is InChI=1S/C19H19NO6/c1-19(2)25-13-3-8-4-14(21)20-16(8)15(17(13)26-19)9-5-11-12(24-7-23-11)6-10(9)18(20)22/h5-6,8,13,15-17H,3-4,7H2,1-2H3/t8-,13-,15-,16+,17-/m0/s1. The van der Waals surface area contributed by atoms with E-state index in [2.05, 4.69) is 0 Å². The summed E-state index contributed by atoms with van der Waals surface area (Å²) < 4.78 is 23.4. The zero-order valence-corrected chi connectivity index (χ0v) is 14.6. The average molecular weight is 357 g/mol. The number of ether oxygens (including phenoxy) is 4. The summed E-state index contributed by atoms with van der Waals surface area (Å²) in [5, 5.41) is 0. The first-order valence-corrected chi connectivity index (χ1v) is 9.08. The van der Waals surface area contributed by atoms with Crippen LogP contribution in [0.15, 0.2) is 12.1 Å². The van der Waals surface area contributed by atoms with Crippen LogP contribution in [0, 0.1) is 5.92 Å². The molecule has 0 bridgehead atoms. The van der Waals surface area contributed by atoms with E-state index in [-0.39, 0.29) is 48.7 Å². The van der Waals surface area contributed by atoms with Gasteiger partial charge in [-0.25, -0.2) is 0 Å². The third-order valence-electron chi connectivity index (χ3n) is 6.32. The van der Waals surface area contributed by atoms with Crippen molar-refractivity contribution < 1.29 is 28.5 Å². The first-order chi connectivity index (χ1) is 12.4. The number of hydrogen-bond donors (Lipinski definition) is 0. The zero-order valence-electron chi connectivity index (χ0n) is 14.6. The normalized spacial score (nSPS) is 38.2. The fourth-order valence-corrected chi connectivity index (χ4v) is 5.50. The molecule has 7 heteroatoms. The number of hydrogen-bond acceptors (Lipinski definition) is 6. The van der Waals surface area contributed by atoms with Gasteiger partial charge in [-0.2, -0.15) is 0 Å². The summed E-state index contributed by atoms with van der Waals surface area (Å²) in [4.78, 5) is 27.2. The Labute approximate surface area is 150 Å². The Morgan fingerprint density at radius 1 is 1.12 bits per heavy atom. The Morgan fingerprint density at radius 3 is 2.69 bits per heavy atom. The van der Waals surface area contributed by atoms with E-state index >= 15 is 0 Å². The van der Waals surface area contributed by atoms with Crippen LogP contribution in [0.1, 0.15) is 48.5 Å². The summed E-state index contributed by atoms with van der Waals surface area (Å²) in [7, 11) is 0. The first-order valence-electron chi connectivity index (χ1n) is 9.08. The monoisotopic (exact) mass is 357 g/mol. The molecule has 4 aliphatic heterocycles. The Bertz CT molecular complexity index is 864. The van der Waals surface area contributed by atoms with Gasteiger partial charge in [-0.05, 0) is 43.9 Å². The van der Waals surface area contributed by atoms with Crippen LogP contribution in [-0.2, 0) is 14.3 Å². The second-order valence-electron chi connectivity index (χ2n) is 8.22. The molecule has 1 aliphatic carbocycles. The second kappa shape index (κ2) is 4.58. The summed E-state index contributed by atoms with van der Waals surface area (Å²) >= 11 is 0. The van der Waals surface area contributed by atoms with E-state index < -0.39 is 5.79 Å². The third-order valence-corrected chi connectivity index (χ3v) is 6.32.